The van der Waals surface area contributed by atoms with E-state index in [0.717, 1.165) is 35.6 Å². The van der Waals surface area contributed by atoms with Crippen LogP contribution >= 0.6 is 0 Å². The molecule has 0 saturated heterocycles. The first-order valence-electron chi connectivity index (χ1n) is 9.23. The Kier molecular flexibility index (Phi) is 3.88. The van der Waals surface area contributed by atoms with Crippen LogP contribution < -0.4 is 4.74 Å². The molecule has 1 aromatic carbocycles. The van der Waals surface area contributed by atoms with Gasteiger partial charge >= 0.3 is 6.01 Å². The molecule has 0 N–H and O–H groups in total. The van der Waals surface area contributed by atoms with Crippen LogP contribution in [0.5, 0.6) is 11.8 Å². The highest BCUT2D eigenvalue weighted by molar-refractivity contribution is 5.55. The molecular formula is C20H20N4O2. The lowest BCUT2D eigenvalue weighted by atomic mass is 9.94. The van der Waals surface area contributed by atoms with Crippen molar-refractivity contribution >= 4 is 0 Å². The molecule has 2 heterocycles. The molecule has 0 spiro atoms. The summed E-state index contributed by atoms with van der Waals surface area (Å²) >= 11 is 0. The minimum atomic E-state index is 0.327. The van der Waals surface area contributed by atoms with Crippen molar-refractivity contribution in [2.24, 2.45) is 17.8 Å². The van der Waals surface area contributed by atoms with Gasteiger partial charge in [0.15, 0.2) is 0 Å². The summed E-state index contributed by atoms with van der Waals surface area (Å²) in [4.78, 5) is 12.7. The molecule has 2 aliphatic carbocycles. The molecule has 0 atom stereocenters. The standard InChI is InChI=1S/C20H20N4O2/c1-10-21-20(22-11-1)25-16-8-6-15(7-9-16)19-23-18(26-24-19)12-17(13-2-3-13)14-4-5-14/h1,6-11,13-14,17H,2-5,12H2. The highest BCUT2D eigenvalue weighted by Gasteiger charge is 2.42. The monoisotopic (exact) mass is 348 g/mol. The van der Waals surface area contributed by atoms with Gasteiger partial charge in [0.25, 0.3) is 0 Å². The molecule has 132 valence electrons. The average Bonchev–Trinajstić information content (AvgIpc) is 3.61. The number of rotatable bonds is 7. The van der Waals surface area contributed by atoms with E-state index >= 15 is 0 Å². The van der Waals surface area contributed by atoms with Crippen molar-refractivity contribution in [3.8, 4) is 23.1 Å². The third-order valence-electron chi connectivity index (χ3n) is 5.20. The molecule has 3 aromatic rings. The normalized spacial score (nSPS) is 16.8. The van der Waals surface area contributed by atoms with Gasteiger partial charge in [-0.1, -0.05) is 5.16 Å². The first-order chi connectivity index (χ1) is 12.8. The zero-order chi connectivity index (χ0) is 17.3. The van der Waals surface area contributed by atoms with Crippen molar-refractivity contribution in [2.45, 2.75) is 32.1 Å². The SMILES string of the molecule is c1cnc(Oc2ccc(-c3noc(CC(C4CC4)C4CC4)n3)cc2)nc1. The van der Waals surface area contributed by atoms with Gasteiger partial charge in [-0.15, -0.1) is 0 Å². The quantitative estimate of drug-likeness (QED) is 0.634. The summed E-state index contributed by atoms with van der Waals surface area (Å²) in [5.41, 5.74) is 0.913. The van der Waals surface area contributed by atoms with Crippen LogP contribution in [0.4, 0.5) is 0 Å². The van der Waals surface area contributed by atoms with Crippen molar-refractivity contribution in [3.05, 3.63) is 48.6 Å². The minimum Gasteiger partial charge on any atom is -0.424 e. The lowest BCUT2D eigenvalue weighted by molar-refractivity contribution is 0.319. The lowest BCUT2D eigenvalue weighted by Crippen LogP contribution is -2.09. The Hall–Kier alpha value is -2.76. The van der Waals surface area contributed by atoms with Crippen LogP contribution in [0.1, 0.15) is 31.6 Å². The third-order valence-corrected chi connectivity index (χ3v) is 5.20. The van der Waals surface area contributed by atoms with Crippen molar-refractivity contribution in [1.82, 2.24) is 20.1 Å². The molecule has 2 fully saturated rings. The summed E-state index contributed by atoms with van der Waals surface area (Å²) in [5, 5.41) is 4.16. The lowest BCUT2D eigenvalue weighted by Gasteiger charge is -2.11. The van der Waals surface area contributed by atoms with E-state index in [1.807, 2.05) is 24.3 Å². The molecule has 0 aliphatic heterocycles. The second kappa shape index (κ2) is 6.52. The largest absolute Gasteiger partial charge is 0.424 e. The number of ether oxygens (including phenoxy) is 1. The fourth-order valence-electron chi connectivity index (χ4n) is 3.54. The van der Waals surface area contributed by atoms with Crippen molar-refractivity contribution < 1.29 is 9.26 Å². The fraction of sp³-hybridized carbons (Fsp3) is 0.400. The van der Waals surface area contributed by atoms with Gasteiger partial charge in [-0.3, -0.25) is 0 Å². The van der Waals surface area contributed by atoms with Gasteiger partial charge in [-0.25, -0.2) is 9.97 Å². The number of hydrogen-bond acceptors (Lipinski definition) is 6. The van der Waals surface area contributed by atoms with Crippen LogP contribution in [0.25, 0.3) is 11.4 Å². The predicted octanol–water partition coefficient (Wildman–Crippen LogP) is 4.30. The van der Waals surface area contributed by atoms with E-state index in [1.54, 1.807) is 18.5 Å². The Morgan fingerprint density at radius 2 is 1.69 bits per heavy atom. The summed E-state index contributed by atoms with van der Waals surface area (Å²) < 4.78 is 11.1. The van der Waals surface area contributed by atoms with Crippen LogP contribution in [0, 0.1) is 17.8 Å². The molecule has 0 radical (unpaired) electrons. The van der Waals surface area contributed by atoms with E-state index < -0.39 is 0 Å². The highest BCUT2D eigenvalue weighted by atomic mass is 16.5. The zero-order valence-corrected chi connectivity index (χ0v) is 14.4. The van der Waals surface area contributed by atoms with Gasteiger partial charge in [0.05, 0.1) is 0 Å². The number of hydrogen-bond donors (Lipinski definition) is 0. The summed E-state index contributed by atoms with van der Waals surface area (Å²) in [6.07, 6.45) is 9.70. The number of benzene rings is 1. The minimum absolute atomic E-state index is 0.327. The maximum Gasteiger partial charge on any atom is 0.321 e. The number of aromatic nitrogens is 4. The van der Waals surface area contributed by atoms with Gasteiger partial charge < -0.3 is 9.26 Å². The molecule has 0 unspecified atom stereocenters. The maximum absolute atomic E-state index is 5.61. The fourth-order valence-corrected chi connectivity index (χ4v) is 3.54. The van der Waals surface area contributed by atoms with Crippen LogP contribution in [-0.2, 0) is 6.42 Å². The van der Waals surface area contributed by atoms with Crippen LogP contribution in [0.3, 0.4) is 0 Å². The van der Waals surface area contributed by atoms with Gasteiger partial charge in [-0.05, 0) is 73.8 Å². The summed E-state index contributed by atoms with van der Waals surface area (Å²) in [6.45, 7) is 0. The molecule has 2 aliphatic rings. The molecule has 2 aromatic heterocycles. The summed E-state index contributed by atoms with van der Waals surface area (Å²) in [7, 11) is 0. The topological polar surface area (TPSA) is 73.9 Å². The van der Waals surface area contributed by atoms with Crippen LogP contribution in [0.2, 0.25) is 0 Å². The van der Waals surface area contributed by atoms with E-state index in [1.165, 1.54) is 25.7 Å². The predicted molar refractivity (Wildman–Crippen MR) is 94.5 cm³/mol. The third kappa shape index (κ3) is 3.45. The molecule has 5 rings (SSSR count). The average molecular weight is 348 g/mol. The highest BCUT2D eigenvalue weighted by Crippen LogP contribution is 2.50. The van der Waals surface area contributed by atoms with E-state index in [0.29, 0.717) is 17.6 Å². The molecule has 0 amide bonds. The first-order valence-corrected chi connectivity index (χ1v) is 9.23. The Labute approximate surface area is 151 Å². The molecule has 6 nitrogen and oxygen atoms in total. The van der Waals surface area contributed by atoms with E-state index in [2.05, 4.69) is 20.1 Å². The van der Waals surface area contributed by atoms with E-state index in [-0.39, 0.29) is 0 Å². The Morgan fingerprint density at radius 3 is 2.35 bits per heavy atom. The zero-order valence-electron chi connectivity index (χ0n) is 14.4. The van der Waals surface area contributed by atoms with Gasteiger partial charge in [0.1, 0.15) is 5.75 Å². The Bertz CT molecular complexity index is 858. The maximum atomic E-state index is 5.61. The van der Waals surface area contributed by atoms with Crippen LogP contribution in [-0.4, -0.2) is 20.1 Å². The van der Waals surface area contributed by atoms with Gasteiger partial charge in [-0.2, -0.15) is 4.98 Å². The Balaban J connectivity index is 1.27. The molecular weight excluding hydrogens is 328 g/mol. The molecule has 2 saturated carbocycles. The second-order valence-corrected chi connectivity index (χ2v) is 7.21. The van der Waals surface area contributed by atoms with Gasteiger partial charge in [0, 0.05) is 24.4 Å². The molecule has 26 heavy (non-hydrogen) atoms. The van der Waals surface area contributed by atoms with E-state index in [9.17, 15) is 0 Å². The van der Waals surface area contributed by atoms with Crippen molar-refractivity contribution in [1.29, 1.82) is 0 Å². The van der Waals surface area contributed by atoms with E-state index in [4.69, 9.17) is 9.26 Å². The Morgan fingerprint density at radius 1 is 1.00 bits per heavy atom. The summed E-state index contributed by atoms with van der Waals surface area (Å²) in [5.74, 6) is 4.58. The molecule has 0 bridgehead atoms. The number of nitrogens with zero attached hydrogens (tertiary/aromatic N) is 4. The van der Waals surface area contributed by atoms with Gasteiger partial charge in [0.2, 0.25) is 11.7 Å². The first kappa shape index (κ1) is 15.5. The van der Waals surface area contributed by atoms with Crippen LogP contribution in [0.15, 0.2) is 47.2 Å². The van der Waals surface area contributed by atoms with Crippen molar-refractivity contribution in [3.63, 3.8) is 0 Å². The smallest absolute Gasteiger partial charge is 0.321 e. The van der Waals surface area contributed by atoms with Crippen molar-refractivity contribution in [2.75, 3.05) is 0 Å². The molecule has 6 heteroatoms. The summed E-state index contributed by atoms with van der Waals surface area (Å²) in [6, 6.07) is 9.64. The second-order valence-electron chi connectivity index (χ2n) is 7.21.